The van der Waals surface area contributed by atoms with E-state index in [0.29, 0.717) is 18.7 Å². The Labute approximate surface area is 163 Å². The number of nitrogens with one attached hydrogen (secondary N) is 1. The van der Waals surface area contributed by atoms with Crippen molar-refractivity contribution >= 4 is 21.4 Å². The molecule has 0 aliphatic carbocycles. The molecule has 3 rings (SSSR count). The van der Waals surface area contributed by atoms with Gasteiger partial charge in [-0.15, -0.1) is 0 Å². The minimum atomic E-state index is -3.78. The lowest BCUT2D eigenvalue weighted by molar-refractivity contribution is -0.384. The zero-order valence-electron chi connectivity index (χ0n) is 15.3. The van der Waals surface area contributed by atoms with Crippen molar-refractivity contribution in [3.05, 3.63) is 64.0 Å². The Balaban J connectivity index is 1.85. The van der Waals surface area contributed by atoms with Crippen molar-refractivity contribution in [2.75, 3.05) is 18.4 Å². The number of benzene rings is 2. The molecule has 1 fully saturated rings. The summed E-state index contributed by atoms with van der Waals surface area (Å²) in [6.07, 6.45) is 3.54. The zero-order valence-corrected chi connectivity index (χ0v) is 16.1. The highest BCUT2D eigenvalue weighted by Crippen LogP contribution is 2.30. The summed E-state index contributed by atoms with van der Waals surface area (Å²) in [6, 6.07) is 9.75. The lowest BCUT2D eigenvalue weighted by Crippen LogP contribution is -2.32. The van der Waals surface area contributed by atoms with E-state index in [1.165, 1.54) is 28.6 Å². The first kappa shape index (κ1) is 20.2. The van der Waals surface area contributed by atoms with Gasteiger partial charge in [0.15, 0.2) is 0 Å². The SMILES string of the molecule is O=[N+]([O-])c1cc(S(=O)(=O)N2CCCCCC2)ccc1NCc1cccc(F)c1. The van der Waals surface area contributed by atoms with Gasteiger partial charge in [-0.05, 0) is 42.7 Å². The summed E-state index contributed by atoms with van der Waals surface area (Å²) in [5.41, 5.74) is 0.479. The van der Waals surface area contributed by atoms with E-state index in [0.717, 1.165) is 31.7 Å². The number of nitro groups is 1. The van der Waals surface area contributed by atoms with Gasteiger partial charge in [0.2, 0.25) is 10.0 Å². The Morgan fingerprint density at radius 3 is 2.43 bits per heavy atom. The summed E-state index contributed by atoms with van der Waals surface area (Å²) in [6.45, 7) is 1.03. The number of sulfonamides is 1. The van der Waals surface area contributed by atoms with Crippen LogP contribution in [-0.4, -0.2) is 30.7 Å². The van der Waals surface area contributed by atoms with E-state index in [4.69, 9.17) is 0 Å². The van der Waals surface area contributed by atoms with Crippen molar-refractivity contribution in [1.82, 2.24) is 4.31 Å². The Bertz CT molecular complexity index is 957. The van der Waals surface area contributed by atoms with Gasteiger partial charge in [0.05, 0.1) is 9.82 Å². The number of hydrogen-bond donors (Lipinski definition) is 1. The molecule has 2 aromatic rings. The number of rotatable bonds is 6. The predicted molar refractivity (Wildman–Crippen MR) is 104 cm³/mol. The second-order valence-electron chi connectivity index (χ2n) is 6.74. The van der Waals surface area contributed by atoms with Crippen LogP contribution in [0.5, 0.6) is 0 Å². The maximum absolute atomic E-state index is 13.3. The summed E-state index contributed by atoms with van der Waals surface area (Å²) in [7, 11) is -3.78. The molecule has 0 aromatic heterocycles. The minimum Gasteiger partial charge on any atom is -0.375 e. The minimum absolute atomic E-state index is 0.0857. The Hall–Kier alpha value is -2.52. The largest absolute Gasteiger partial charge is 0.375 e. The van der Waals surface area contributed by atoms with Crippen molar-refractivity contribution in [2.24, 2.45) is 0 Å². The van der Waals surface area contributed by atoms with E-state index in [9.17, 15) is 22.9 Å². The average Bonchev–Trinajstić information content (AvgIpc) is 2.96. The van der Waals surface area contributed by atoms with Crippen molar-refractivity contribution in [2.45, 2.75) is 37.1 Å². The van der Waals surface area contributed by atoms with Gasteiger partial charge in [0, 0.05) is 25.7 Å². The van der Waals surface area contributed by atoms with E-state index < -0.39 is 20.8 Å². The van der Waals surface area contributed by atoms with Gasteiger partial charge < -0.3 is 5.32 Å². The van der Waals surface area contributed by atoms with E-state index in [1.807, 2.05) is 0 Å². The van der Waals surface area contributed by atoms with Crippen molar-refractivity contribution in [3.8, 4) is 0 Å². The standard InChI is InChI=1S/C19H22FN3O4S/c20-16-7-5-6-15(12-16)14-21-18-9-8-17(13-19(18)23(24)25)28(26,27)22-10-3-1-2-4-11-22/h5-9,12-13,21H,1-4,10-11,14H2. The van der Waals surface area contributed by atoms with E-state index >= 15 is 0 Å². The number of hydrogen-bond acceptors (Lipinski definition) is 5. The average molecular weight is 407 g/mol. The first-order valence-corrected chi connectivity index (χ1v) is 10.6. The third kappa shape index (κ3) is 4.66. The van der Waals surface area contributed by atoms with Crippen LogP contribution < -0.4 is 5.32 Å². The van der Waals surface area contributed by atoms with Crippen LogP contribution in [0.4, 0.5) is 15.8 Å². The van der Waals surface area contributed by atoms with Gasteiger partial charge in [0.25, 0.3) is 5.69 Å². The molecular weight excluding hydrogens is 385 g/mol. The molecule has 28 heavy (non-hydrogen) atoms. The molecular formula is C19H22FN3O4S. The van der Waals surface area contributed by atoms with Crippen LogP contribution in [0.15, 0.2) is 47.4 Å². The summed E-state index contributed by atoms with van der Waals surface area (Å²) in [4.78, 5) is 10.8. The zero-order chi connectivity index (χ0) is 20.1. The summed E-state index contributed by atoms with van der Waals surface area (Å²) < 4.78 is 40.5. The van der Waals surface area contributed by atoms with Crippen molar-refractivity contribution in [1.29, 1.82) is 0 Å². The molecule has 1 aliphatic rings. The quantitative estimate of drug-likeness (QED) is 0.579. The van der Waals surface area contributed by atoms with Gasteiger partial charge in [-0.25, -0.2) is 12.8 Å². The molecule has 9 heteroatoms. The fourth-order valence-electron chi connectivity index (χ4n) is 3.25. The van der Waals surface area contributed by atoms with Crippen LogP contribution in [-0.2, 0) is 16.6 Å². The Morgan fingerprint density at radius 2 is 1.79 bits per heavy atom. The summed E-state index contributed by atoms with van der Waals surface area (Å²) in [5.74, 6) is -0.396. The van der Waals surface area contributed by atoms with Crippen LogP contribution in [0, 0.1) is 15.9 Å². The second-order valence-corrected chi connectivity index (χ2v) is 8.68. The highest BCUT2D eigenvalue weighted by atomic mass is 32.2. The number of nitro benzene ring substituents is 1. The molecule has 0 spiro atoms. The van der Waals surface area contributed by atoms with Gasteiger partial charge in [-0.3, -0.25) is 10.1 Å². The van der Waals surface area contributed by atoms with Crippen LogP contribution in [0.25, 0.3) is 0 Å². The molecule has 7 nitrogen and oxygen atoms in total. The van der Waals surface area contributed by atoms with Crippen LogP contribution in [0.2, 0.25) is 0 Å². The van der Waals surface area contributed by atoms with E-state index in [-0.39, 0.29) is 22.8 Å². The molecule has 2 aromatic carbocycles. The molecule has 0 atom stereocenters. The normalized spacial score (nSPS) is 15.8. The van der Waals surface area contributed by atoms with Gasteiger partial charge in [-0.2, -0.15) is 4.31 Å². The monoisotopic (exact) mass is 407 g/mol. The van der Waals surface area contributed by atoms with E-state index in [2.05, 4.69) is 5.32 Å². The molecule has 1 saturated heterocycles. The molecule has 1 N–H and O–H groups in total. The molecule has 150 valence electrons. The molecule has 1 aliphatic heterocycles. The first-order valence-electron chi connectivity index (χ1n) is 9.15. The van der Waals surface area contributed by atoms with E-state index in [1.54, 1.807) is 12.1 Å². The molecule has 0 radical (unpaired) electrons. The Kier molecular flexibility index (Phi) is 6.25. The Morgan fingerprint density at radius 1 is 1.07 bits per heavy atom. The number of nitrogens with zero attached hydrogens (tertiary/aromatic N) is 2. The van der Waals surface area contributed by atoms with Gasteiger partial charge in [0.1, 0.15) is 11.5 Å². The summed E-state index contributed by atoms with van der Waals surface area (Å²) in [5, 5.41) is 14.4. The van der Waals surface area contributed by atoms with Crippen LogP contribution >= 0.6 is 0 Å². The van der Waals surface area contributed by atoms with Gasteiger partial charge in [-0.1, -0.05) is 25.0 Å². The highest BCUT2D eigenvalue weighted by molar-refractivity contribution is 7.89. The molecule has 0 saturated carbocycles. The van der Waals surface area contributed by atoms with Crippen LogP contribution in [0.3, 0.4) is 0 Å². The fourth-order valence-corrected chi connectivity index (χ4v) is 4.79. The fraction of sp³-hybridized carbons (Fsp3) is 0.368. The number of halogens is 1. The second kappa shape index (κ2) is 8.66. The lowest BCUT2D eigenvalue weighted by Gasteiger charge is -2.20. The smallest absolute Gasteiger partial charge is 0.293 e. The highest BCUT2D eigenvalue weighted by Gasteiger charge is 2.28. The molecule has 0 bridgehead atoms. The van der Waals surface area contributed by atoms with Crippen molar-refractivity contribution < 1.29 is 17.7 Å². The van der Waals surface area contributed by atoms with Crippen LogP contribution in [0.1, 0.15) is 31.2 Å². The third-order valence-corrected chi connectivity index (χ3v) is 6.64. The number of anilines is 1. The topological polar surface area (TPSA) is 92.5 Å². The molecule has 0 amide bonds. The lowest BCUT2D eigenvalue weighted by atomic mass is 10.2. The predicted octanol–water partition coefficient (Wildman–Crippen LogP) is 3.91. The molecule has 1 heterocycles. The maximum Gasteiger partial charge on any atom is 0.293 e. The third-order valence-electron chi connectivity index (χ3n) is 4.74. The molecule has 0 unspecified atom stereocenters. The van der Waals surface area contributed by atoms with Crippen molar-refractivity contribution in [3.63, 3.8) is 0 Å². The summed E-state index contributed by atoms with van der Waals surface area (Å²) >= 11 is 0. The first-order chi connectivity index (χ1) is 13.4. The van der Waals surface area contributed by atoms with Gasteiger partial charge >= 0.3 is 0 Å². The maximum atomic E-state index is 13.3.